The number of carbonyl (C=O) groups is 1. The average molecular weight is 343 g/mol. The molecule has 1 amide bonds. The summed E-state index contributed by atoms with van der Waals surface area (Å²) >= 11 is 0. The third-order valence-electron chi connectivity index (χ3n) is 2.50. The topological polar surface area (TPSA) is 68.2 Å². The summed E-state index contributed by atoms with van der Waals surface area (Å²) in [5.41, 5.74) is -0.365. The number of hydrogen-bond donors (Lipinski definition) is 1. The number of amides is 1. The molecule has 0 radical (unpaired) electrons. The molecule has 9 heteroatoms. The predicted molar refractivity (Wildman–Crippen MR) is 75.3 cm³/mol. The second-order valence-corrected chi connectivity index (χ2v) is 8.35. The fraction of sp³-hybridized carbons (Fsp3) is 0.583. The standard InChI is InChI=1S/C12H17ClF2N2O3S/c1-12(2,3)7-16-11(18)9-4-8(21(13,19)20)5-17(9)6-10(14)15/h4-5,10H,6-7H2,1-3H3,(H,16,18). The Hall–Kier alpha value is -1.15. The molecule has 0 bridgehead atoms. The van der Waals surface area contributed by atoms with Crippen molar-refractivity contribution < 1.29 is 22.0 Å². The summed E-state index contributed by atoms with van der Waals surface area (Å²) in [7, 11) is 1.08. The number of nitrogens with one attached hydrogen (secondary N) is 1. The molecule has 1 heterocycles. The average Bonchev–Trinajstić information content (AvgIpc) is 2.67. The lowest BCUT2D eigenvalue weighted by atomic mass is 9.97. The molecule has 0 spiro atoms. The molecule has 0 saturated heterocycles. The summed E-state index contributed by atoms with van der Waals surface area (Å²) in [5, 5.41) is 2.57. The monoisotopic (exact) mass is 342 g/mol. The van der Waals surface area contributed by atoms with Crippen molar-refractivity contribution in [1.82, 2.24) is 9.88 Å². The molecule has 0 aliphatic carbocycles. The fourth-order valence-electron chi connectivity index (χ4n) is 1.54. The molecule has 120 valence electrons. The third-order valence-corrected chi connectivity index (χ3v) is 3.82. The van der Waals surface area contributed by atoms with Crippen LogP contribution >= 0.6 is 10.7 Å². The number of halogens is 3. The maximum Gasteiger partial charge on any atom is 0.267 e. The zero-order chi connectivity index (χ0) is 16.4. The van der Waals surface area contributed by atoms with Gasteiger partial charge in [0.15, 0.2) is 0 Å². The number of rotatable bonds is 5. The van der Waals surface area contributed by atoms with Crippen molar-refractivity contribution in [1.29, 1.82) is 0 Å². The van der Waals surface area contributed by atoms with Crippen LogP contribution in [-0.4, -0.2) is 31.9 Å². The highest BCUT2D eigenvalue weighted by atomic mass is 35.7. The van der Waals surface area contributed by atoms with Gasteiger partial charge in [-0.2, -0.15) is 0 Å². The highest BCUT2D eigenvalue weighted by molar-refractivity contribution is 8.13. The Kier molecular flexibility index (Phi) is 5.38. The van der Waals surface area contributed by atoms with E-state index in [0.717, 1.165) is 16.8 Å². The van der Waals surface area contributed by atoms with Gasteiger partial charge in [-0.05, 0) is 11.5 Å². The van der Waals surface area contributed by atoms with Crippen LogP contribution in [0.15, 0.2) is 17.2 Å². The molecule has 0 aromatic carbocycles. The van der Waals surface area contributed by atoms with E-state index in [1.54, 1.807) is 0 Å². The Bertz CT molecular complexity index is 621. The quantitative estimate of drug-likeness (QED) is 0.836. The van der Waals surface area contributed by atoms with Crippen LogP contribution in [-0.2, 0) is 15.6 Å². The molecule has 0 atom stereocenters. The van der Waals surface area contributed by atoms with E-state index < -0.39 is 27.9 Å². The van der Waals surface area contributed by atoms with Gasteiger partial charge >= 0.3 is 0 Å². The van der Waals surface area contributed by atoms with Crippen molar-refractivity contribution in [3.63, 3.8) is 0 Å². The number of hydrogen-bond acceptors (Lipinski definition) is 3. The lowest BCUT2D eigenvalue weighted by Gasteiger charge is -2.19. The SMILES string of the molecule is CC(C)(C)CNC(=O)c1cc(S(=O)(=O)Cl)cn1CC(F)F. The molecule has 1 aromatic rings. The van der Waals surface area contributed by atoms with Gasteiger partial charge in [0.2, 0.25) is 0 Å². The van der Waals surface area contributed by atoms with Crippen LogP contribution in [0.25, 0.3) is 0 Å². The highest BCUT2D eigenvalue weighted by Crippen LogP contribution is 2.20. The van der Waals surface area contributed by atoms with E-state index in [4.69, 9.17) is 10.7 Å². The van der Waals surface area contributed by atoms with Crippen LogP contribution in [0.2, 0.25) is 0 Å². The molecule has 1 N–H and O–H groups in total. The molecular formula is C12H17ClF2N2O3S. The van der Waals surface area contributed by atoms with Gasteiger partial charge in [0.05, 0.1) is 6.54 Å². The molecule has 21 heavy (non-hydrogen) atoms. The first-order valence-electron chi connectivity index (χ1n) is 6.11. The largest absolute Gasteiger partial charge is 0.350 e. The minimum Gasteiger partial charge on any atom is -0.350 e. The van der Waals surface area contributed by atoms with Gasteiger partial charge in [-0.15, -0.1) is 0 Å². The number of alkyl halides is 2. The van der Waals surface area contributed by atoms with Crippen molar-refractivity contribution in [2.45, 2.75) is 38.6 Å². The van der Waals surface area contributed by atoms with Gasteiger partial charge in [-0.25, -0.2) is 17.2 Å². The maximum absolute atomic E-state index is 12.5. The van der Waals surface area contributed by atoms with Gasteiger partial charge in [-0.1, -0.05) is 20.8 Å². The van der Waals surface area contributed by atoms with Crippen LogP contribution in [0.3, 0.4) is 0 Å². The Balaban J connectivity index is 3.08. The van der Waals surface area contributed by atoms with Crippen molar-refractivity contribution in [2.75, 3.05) is 6.54 Å². The summed E-state index contributed by atoms with van der Waals surface area (Å²) in [6.45, 7) is 5.19. The molecule has 0 aliphatic heterocycles. The molecule has 1 rings (SSSR count). The second-order valence-electron chi connectivity index (χ2n) is 5.79. The van der Waals surface area contributed by atoms with Crippen LogP contribution in [0.4, 0.5) is 8.78 Å². The van der Waals surface area contributed by atoms with Gasteiger partial charge in [-0.3, -0.25) is 4.79 Å². The maximum atomic E-state index is 12.5. The minimum absolute atomic E-state index is 0.168. The Labute approximate surface area is 126 Å². The van der Waals surface area contributed by atoms with E-state index in [-0.39, 0.29) is 16.0 Å². The van der Waals surface area contributed by atoms with Gasteiger partial charge in [0.1, 0.15) is 10.6 Å². The van der Waals surface area contributed by atoms with Gasteiger partial charge in [0, 0.05) is 23.4 Å². The lowest BCUT2D eigenvalue weighted by molar-refractivity contribution is 0.0916. The first kappa shape index (κ1) is 17.9. The van der Waals surface area contributed by atoms with Crippen molar-refractivity contribution in [2.24, 2.45) is 5.41 Å². The minimum atomic E-state index is -4.09. The highest BCUT2D eigenvalue weighted by Gasteiger charge is 2.22. The van der Waals surface area contributed by atoms with E-state index in [1.807, 2.05) is 20.8 Å². The summed E-state index contributed by atoms with van der Waals surface area (Å²) in [6.07, 6.45) is -1.79. The normalized spacial score (nSPS) is 12.7. The molecule has 0 saturated carbocycles. The number of nitrogens with zero attached hydrogens (tertiary/aromatic N) is 1. The Morgan fingerprint density at radius 2 is 2.00 bits per heavy atom. The molecule has 0 unspecified atom stereocenters. The molecule has 5 nitrogen and oxygen atoms in total. The van der Waals surface area contributed by atoms with E-state index in [9.17, 15) is 22.0 Å². The van der Waals surface area contributed by atoms with E-state index in [2.05, 4.69) is 5.32 Å². The van der Waals surface area contributed by atoms with Crippen LogP contribution in [0.1, 0.15) is 31.3 Å². The molecular weight excluding hydrogens is 326 g/mol. The van der Waals surface area contributed by atoms with E-state index in [1.165, 1.54) is 0 Å². The first-order chi connectivity index (χ1) is 9.40. The molecule has 1 aromatic heterocycles. The summed E-state index contributed by atoms with van der Waals surface area (Å²) < 4.78 is 48.4. The zero-order valence-electron chi connectivity index (χ0n) is 11.9. The molecule has 0 fully saturated rings. The number of carbonyl (C=O) groups excluding carboxylic acids is 1. The zero-order valence-corrected chi connectivity index (χ0v) is 13.4. The van der Waals surface area contributed by atoms with Crippen LogP contribution in [0, 0.1) is 5.41 Å². The fourth-order valence-corrected chi connectivity index (χ4v) is 2.30. The number of aromatic nitrogens is 1. The van der Waals surface area contributed by atoms with E-state index >= 15 is 0 Å². The Morgan fingerprint density at radius 1 is 1.43 bits per heavy atom. The van der Waals surface area contributed by atoms with Crippen LogP contribution in [0.5, 0.6) is 0 Å². The Morgan fingerprint density at radius 3 is 2.43 bits per heavy atom. The first-order valence-corrected chi connectivity index (χ1v) is 8.42. The smallest absolute Gasteiger partial charge is 0.267 e. The van der Waals surface area contributed by atoms with Crippen molar-refractivity contribution in [3.05, 3.63) is 18.0 Å². The third kappa shape index (κ3) is 5.62. The summed E-state index contributed by atoms with van der Waals surface area (Å²) in [4.78, 5) is 11.6. The van der Waals surface area contributed by atoms with Gasteiger partial charge in [0.25, 0.3) is 21.4 Å². The van der Waals surface area contributed by atoms with Crippen LogP contribution < -0.4 is 5.32 Å². The van der Waals surface area contributed by atoms with E-state index in [0.29, 0.717) is 6.54 Å². The summed E-state index contributed by atoms with van der Waals surface area (Å²) in [6, 6.07) is 0.989. The van der Waals surface area contributed by atoms with Crippen molar-refractivity contribution >= 4 is 25.6 Å². The summed E-state index contributed by atoms with van der Waals surface area (Å²) in [5.74, 6) is -0.628. The van der Waals surface area contributed by atoms with Gasteiger partial charge < -0.3 is 9.88 Å². The molecule has 0 aliphatic rings. The predicted octanol–water partition coefficient (Wildman–Crippen LogP) is 2.46. The van der Waals surface area contributed by atoms with Crippen molar-refractivity contribution in [3.8, 4) is 0 Å². The second kappa shape index (κ2) is 6.31. The lowest BCUT2D eigenvalue weighted by Crippen LogP contribution is -2.33.